The molecular formula is C16H31NO4. The van der Waals surface area contributed by atoms with Gasteiger partial charge in [-0.25, -0.2) is 0 Å². The number of aliphatic hydroxyl groups excluding tert-OH is 1. The molecule has 21 heavy (non-hydrogen) atoms. The number of amides is 1. The molecule has 0 aliphatic rings. The van der Waals surface area contributed by atoms with Gasteiger partial charge in [0.05, 0.1) is 12.5 Å². The summed E-state index contributed by atoms with van der Waals surface area (Å²) in [4.78, 5) is 22.2. The van der Waals surface area contributed by atoms with Crippen molar-refractivity contribution in [2.45, 2.75) is 84.5 Å². The van der Waals surface area contributed by atoms with Crippen LogP contribution in [0.2, 0.25) is 0 Å². The van der Waals surface area contributed by atoms with Gasteiger partial charge in [-0.15, -0.1) is 0 Å². The second kappa shape index (κ2) is 12.6. The monoisotopic (exact) mass is 301 g/mol. The Morgan fingerprint density at radius 3 is 2.48 bits per heavy atom. The second-order valence-corrected chi connectivity index (χ2v) is 5.98. The highest BCUT2D eigenvalue weighted by Crippen LogP contribution is 2.10. The third kappa shape index (κ3) is 12.4. The quantitative estimate of drug-likeness (QED) is 0.311. The van der Waals surface area contributed by atoms with E-state index in [0.717, 1.165) is 12.8 Å². The standard InChI is InChI=1S/C16H31NO4/c1-4-5-6-7-8-9-14(19)11-15(20)17-16(21-12-18)10-13(2)3/h12-14,16,19H,4-11H2,1-3H3,(H,17,20)/t14?,16-/m1/s1. The molecule has 0 aromatic rings. The molecule has 0 spiro atoms. The van der Waals surface area contributed by atoms with Crippen LogP contribution in [0, 0.1) is 5.92 Å². The summed E-state index contributed by atoms with van der Waals surface area (Å²) in [7, 11) is 0. The molecule has 0 aliphatic heterocycles. The highest BCUT2D eigenvalue weighted by atomic mass is 16.5. The molecule has 0 aromatic heterocycles. The van der Waals surface area contributed by atoms with Crippen LogP contribution in [0.4, 0.5) is 0 Å². The first kappa shape index (κ1) is 19.9. The molecule has 1 amide bonds. The van der Waals surface area contributed by atoms with Crippen LogP contribution >= 0.6 is 0 Å². The lowest BCUT2D eigenvalue weighted by Crippen LogP contribution is -2.39. The van der Waals surface area contributed by atoms with Gasteiger partial charge in [-0.3, -0.25) is 9.59 Å². The SMILES string of the molecule is CCCCCCCC(O)CC(=O)N[C@@H](CC(C)C)OC=O. The van der Waals surface area contributed by atoms with Gasteiger partial charge in [-0.05, 0) is 12.3 Å². The predicted molar refractivity (Wildman–Crippen MR) is 82.5 cm³/mol. The normalized spacial score (nSPS) is 13.8. The molecule has 5 heteroatoms. The number of unbranched alkanes of at least 4 members (excludes halogenated alkanes) is 4. The number of hydrogen-bond acceptors (Lipinski definition) is 4. The maximum absolute atomic E-state index is 11.8. The van der Waals surface area contributed by atoms with Crippen molar-refractivity contribution >= 4 is 12.4 Å². The highest BCUT2D eigenvalue weighted by molar-refractivity contribution is 5.76. The van der Waals surface area contributed by atoms with Gasteiger partial charge in [0.25, 0.3) is 6.47 Å². The summed E-state index contributed by atoms with van der Waals surface area (Å²) in [6.45, 7) is 6.47. The summed E-state index contributed by atoms with van der Waals surface area (Å²) in [5.74, 6) is 0.0299. The van der Waals surface area contributed by atoms with Crippen LogP contribution in [0.1, 0.15) is 72.1 Å². The van der Waals surface area contributed by atoms with E-state index in [4.69, 9.17) is 4.74 Å². The van der Waals surface area contributed by atoms with Crippen LogP contribution in [-0.4, -0.2) is 29.8 Å². The average molecular weight is 301 g/mol. The van der Waals surface area contributed by atoms with Gasteiger partial charge < -0.3 is 15.2 Å². The molecular weight excluding hydrogens is 270 g/mol. The van der Waals surface area contributed by atoms with Gasteiger partial charge in [-0.1, -0.05) is 52.9 Å². The van der Waals surface area contributed by atoms with Crippen molar-refractivity contribution in [3.63, 3.8) is 0 Å². The molecule has 0 radical (unpaired) electrons. The Morgan fingerprint density at radius 2 is 1.90 bits per heavy atom. The smallest absolute Gasteiger partial charge is 0.295 e. The molecule has 0 bridgehead atoms. The van der Waals surface area contributed by atoms with Crippen molar-refractivity contribution in [1.82, 2.24) is 5.32 Å². The number of ether oxygens (including phenoxy) is 1. The molecule has 5 nitrogen and oxygen atoms in total. The van der Waals surface area contributed by atoms with Crippen molar-refractivity contribution in [3.8, 4) is 0 Å². The minimum Gasteiger partial charge on any atom is -0.444 e. The predicted octanol–water partition coefficient (Wildman–Crippen LogP) is 2.76. The Bertz CT molecular complexity index is 281. The summed E-state index contributed by atoms with van der Waals surface area (Å²) in [6, 6.07) is 0. The Morgan fingerprint density at radius 1 is 1.24 bits per heavy atom. The van der Waals surface area contributed by atoms with Crippen LogP contribution in [-0.2, 0) is 14.3 Å². The molecule has 124 valence electrons. The topological polar surface area (TPSA) is 75.6 Å². The zero-order valence-corrected chi connectivity index (χ0v) is 13.6. The van der Waals surface area contributed by atoms with Gasteiger partial charge in [0.2, 0.25) is 5.91 Å². The summed E-state index contributed by atoms with van der Waals surface area (Å²) in [5, 5.41) is 12.5. The van der Waals surface area contributed by atoms with E-state index in [-0.39, 0.29) is 12.3 Å². The van der Waals surface area contributed by atoms with Gasteiger partial charge >= 0.3 is 0 Å². The summed E-state index contributed by atoms with van der Waals surface area (Å²) in [6.07, 6.45) is 5.66. The lowest BCUT2D eigenvalue weighted by molar-refractivity contribution is -0.139. The summed E-state index contributed by atoms with van der Waals surface area (Å²) >= 11 is 0. The van der Waals surface area contributed by atoms with Crippen LogP contribution in [0.3, 0.4) is 0 Å². The number of rotatable bonds is 13. The molecule has 0 rings (SSSR count). The van der Waals surface area contributed by atoms with E-state index < -0.39 is 12.3 Å². The van der Waals surface area contributed by atoms with Crippen molar-refractivity contribution < 1.29 is 19.4 Å². The molecule has 2 N–H and O–H groups in total. The van der Waals surface area contributed by atoms with Gasteiger partial charge in [0, 0.05) is 6.42 Å². The van der Waals surface area contributed by atoms with E-state index >= 15 is 0 Å². The molecule has 2 atom stereocenters. The maximum atomic E-state index is 11.8. The van der Waals surface area contributed by atoms with Crippen LogP contribution in [0.5, 0.6) is 0 Å². The van der Waals surface area contributed by atoms with E-state index in [1.807, 2.05) is 13.8 Å². The summed E-state index contributed by atoms with van der Waals surface area (Å²) in [5.41, 5.74) is 0. The Kier molecular flexibility index (Phi) is 12.0. The van der Waals surface area contributed by atoms with E-state index in [9.17, 15) is 14.7 Å². The fourth-order valence-electron chi connectivity index (χ4n) is 2.18. The van der Waals surface area contributed by atoms with Crippen LogP contribution < -0.4 is 5.32 Å². The molecule has 1 unspecified atom stereocenters. The number of hydrogen-bond donors (Lipinski definition) is 2. The highest BCUT2D eigenvalue weighted by Gasteiger charge is 2.17. The first-order valence-corrected chi connectivity index (χ1v) is 8.06. The van der Waals surface area contributed by atoms with Crippen molar-refractivity contribution in [3.05, 3.63) is 0 Å². The van der Waals surface area contributed by atoms with E-state index in [0.29, 0.717) is 25.2 Å². The molecule has 0 saturated heterocycles. The van der Waals surface area contributed by atoms with Crippen molar-refractivity contribution in [2.75, 3.05) is 0 Å². The van der Waals surface area contributed by atoms with E-state index in [1.54, 1.807) is 0 Å². The molecule has 0 saturated carbocycles. The zero-order chi connectivity index (χ0) is 16.1. The average Bonchev–Trinajstić information content (AvgIpc) is 2.37. The maximum Gasteiger partial charge on any atom is 0.295 e. The van der Waals surface area contributed by atoms with Gasteiger partial charge in [-0.2, -0.15) is 0 Å². The number of carbonyl (C=O) groups is 2. The first-order valence-electron chi connectivity index (χ1n) is 8.06. The Balaban J connectivity index is 3.90. The van der Waals surface area contributed by atoms with Crippen LogP contribution in [0.15, 0.2) is 0 Å². The first-order chi connectivity index (χ1) is 9.99. The third-order valence-electron chi connectivity index (χ3n) is 3.29. The molecule has 0 aromatic carbocycles. The zero-order valence-electron chi connectivity index (χ0n) is 13.6. The molecule has 0 heterocycles. The Labute approximate surface area is 128 Å². The fourth-order valence-corrected chi connectivity index (χ4v) is 2.18. The molecule has 0 fully saturated rings. The Hall–Kier alpha value is -1.10. The summed E-state index contributed by atoms with van der Waals surface area (Å²) < 4.78 is 4.84. The lowest BCUT2D eigenvalue weighted by atomic mass is 10.1. The van der Waals surface area contributed by atoms with Gasteiger partial charge in [0.15, 0.2) is 6.23 Å². The van der Waals surface area contributed by atoms with E-state index in [1.165, 1.54) is 19.3 Å². The molecule has 0 aliphatic carbocycles. The van der Waals surface area contributed by atoms with Gasteiger partial charge in [0.1, 0.15) is 0 Å². The van der Waals surface area contributed by atoms with Crippen LogP contribution in [0.25, 0.3) is 0 Å². The lowest BCUT2D eigenvalue weighted by Gasteiger charge is -2.19. The minimum atomic E-state index is -0.623. The number of aliphatic hydroxyl groups is 1. The number of nitrogens with one attached hydrogen (secondary N) is 1. The van der Waals surface area contributed by atoms with Crippen molar-refractivity contribution in [2.24, 2.45) is 5.92 Å². The van der Waals surface area contributed by atoms with E-state index in [2.05, 4.69) is 12.2 Å². The second-order valence-electron chi connectivity index (χ2n) is 5.98. The van der Waals surface area contributed by atoms with Crippen molar-refractivity contribution in [1.29, 1.82) is 0 Å². The fraction of sp³-hybridized carbons (Fsp3) is 0.875. The third-order valence-corrected chi connectivity index (χ3v) is 3.29. The number of carbonyl (C=O) groups excluding carboxylic acids is 2. The minimum absolute atomic E-state index is 0.0601. The largest absolute Gasteiger partial charge is 0.444 e.